The lowest BCUT2D eigenvalue weighted by atomic mass is 10.6. The summed E-state index contributed by atoms with van der Waals surface area (Å²) in [6.45, 7) is 0. The van der Waals surface area contributed by atoms with E-state index in [1.54, 1.807) is 5.10 Å². The summed E-state index contributed by atoms with van der Waals surface area (Å²) >= 11 is 5.06. The SMILES string of the molecule is FC(F)(F)c1nc(OCCl)n[nH]1. The highest BCUT2D eigenvalue weighted by Gasteiger charge is 2.35. The third kappa shape index (κ3) is 2.00. The predicted molar refractivity (Wildman–Crippen MR) is 32.7 cm³/mol. The summed E-state index contributed by atoms with van der Waals surface area (Å²) in [4.78, 5) is 2.97. The molecule has 1 rings (SSSR count). The topological polar surface area (TPSA) is 50.8 Å². The van der Waals surface area contributed by atoms with Gasteiger partial charge in [0.1, 0.15) is 0 Å². The van der Waals surface area contributed by atoms with Gasteiger partial charge in [-0.2, -0.15) is 18.2 Å². The van der Waals surface area contributed by atoms with Crippen LogP contribution in [0.3, 0.4) is 0 Å². The number of nitrogens with one attached hydrogen (secondary N) is 1. The van der Waals surface area contributed by atoms with Gasteiger partial charge in [-0.3, -0.25) is 5.10 Å². The first-order valence-electron chi connectivity index (χ1n) is 2.72. The number of alkyl halides is 4. The number of H-pyrrole nitrogens is 1. The van der Waals surface area contributed by atoms with Crippen molar-refractivity contribution in [2.45, 2.75) is 6.18 Å². The molecular formula is C4H3ClF3N3O. The van der Waals surface area contributed by atoms with Gasteiger partial charge >= 0.3 is 12.2 Å². The van der Waals surface area contributed by atoms with Crippen molar-refractivity contribution >= 4 is 11.6 Å². The number of hydrogen-bond donors (Lipinski definition) is 1. The zero-order valence-corrected chi connectivity index (χ0v) is 6.28. The molecule has 0 aliphatic rings. The van der Waals surface area contributed by atoms with E-state index in [4.69, 9.17) is 11.6 Å². The Morgan fingerprint density at radius 1 is 1.50 bits per heavy atom. The second-order valence-corrected chi connectivity index (χ2v) is 1.94. The van der Waals surface area contributed by atoms with E-state index in [0.29, 0.717) is 0 Å². The van der Waals surface area contributed by atoms with Crippen LogP contribution in [0.1, 0.15) is 5.82 Å². The Hall–Kier alpha value is -0.980. The van der Waals surface area contributed by atoms with Gasteiger partial charge < -0.3 is 4.74 Å². The largest absolute Gasteiger partial charge is 0.451 e. The number of aromatic nitrogens is 3. The second-order valence-electron chi connectivity index (χ2n) is 1.72. The molecule has 0 amide bonds. The Kier molecular flexibility index (Phi) is 2.41. The minimum Gasteiger partial charge on any atom is -0.446 e. The fourth-order valence-electron chi connectivity index (χ4n) is 0.487. The molecule has 0 aromatic carbocycles. The molecule has 0 aliphatic heterocycles. The highest BCUT2D eigenvalue weighted by atomic mass is 35.5. The first-order valence-corrected chi connectivity index (χ1v) is 3.26. The summed E-state index contributed by atoms with van der Waals surface area (Å²) in [5.74, 6) is -1.21. The Bertz CT molecular complexity index is 260. The summed E-state index contributed by atoms with van der Waals surface area (Å²) < 4.78 is 39.9. The molecule has 0 saturated carbocycles. The van der Waals surface area contributed by atoms with E-state index in [1.165, 1.54) is 0 Å². The van der Waals surface area contributed by atoms with Crippen molar-refractivity contribution in [3.05, 3.63) is 5.82 Å². The van der Waals surface area contributed by atoms with E-state index < -0.39 is 18.0 Å². The molecule has 0 atom stereocenters. The quantitative estimate of drug-likeness (QED) is 0.736. The van der Waals surface area contributed by atoms with Crippen molar-refractivity contribution in [3.63, 3.8) is 0 Å². The third-order valence-corrected chi connectivity index (χ3v) is 1.03. The lowest BCUT2D eigenvalue weighted by Gasteiger charge is -1.98. The zero-order valence-electron chi connectivity index (χ0n) is 5.52. The van der Waals surface area contributed by atoms with Gasteiger partial charge in [0.15, 0.2) is 6.07 Å². The molecule has 0 unspecified atom stereocenters. The molecule has 1 heterocycles. The van der Waals surface area contributed by atoms with Crippen LogP contribution in [0.4, 0.5) is 13.2 Å². The maximum Gasteiger partial charge on any atom is 0.451 e. The fourth-order valence-corrected chi connectivity index (χ4v) is 0.584. The van der Waals surface area contributed by atoms with Crippen LogP contribution < -0.4 is 4.74 Å². The van der Waals surface area contributed by atoms with E-state index in [1.807, 2.05) is 0 Å². The first kappa shape index (κ1) is 9.11. The maximum atomic E-state index is 11.8. The highest BCUT2D eigenvalue weighted by molar-refractivity contribution is 6.17. The molecule has 1 N–H and O–H groups in total. The van der Waals surface area contributed by atoms with Crippen LogP contribution in [-0.2, 0) is 6.18 Å². The number of ether oxygens (including phenoxy) is 1. The van der Waals surface area contributed by atoms with Crippen molar-refractivity contribution in [2.75, 3.05) is 6.07 Å². The number of hydrogen-bond acceptors (Lipinski definition) is 3. The Morgan fingerprint density at radius 2 is 2.17 bits per heavy atom. The molecule has 1 aromatic rings. The molecule has 0 saturated heterocycles. The van der Waals surface area contributed by atoms with Gasteiger partial charge in [0.05, 0.1) is 0 Å². The summed E-state index contributed by atoms with van der Waals surface area (Å²) in [7, 11) is 0. The summed E-state index contributed by atoms with van der Waals surface area (Å²) in [6, 6.07) is -0.716. The third-order valence-electron chi connectivity index (χ3n) is 0.917. The van der Waals surface area contributed by atoms with Gasteiger partial charge in [-0.15, -0.1) is 5.10 Å². The van der Waals surface area contributed by atoms with Crippen molar-refractivity contribution in [1.82, 2.24) is 15.2 Å². The average molecular weight is 202 g/mol. The van der Waals surface area contributed by atoms with Gasteiger partial charge in [-0.05, 0) is 0 Å². The lowest BCUT2D eigenvalue weighted by molar-refractivity contribution is -0.144. The zero-order chi connectivity index (χ0) is 9.19. The first-order chi connectivity index (χ1) is 5.54. The molecule has 0 spiro atoms. The molecule has 4 nitrogen and oxygen atoms in total. The van der Waals surface area contributed by atoms with Crippen LogP contribution in [0, 0.1) is 0 Å². The fraction of sp³-hybridized carbons (Fsp3) is 0.500. The van der Waals surface area contributed by atoms with Crippen molar-refractivity contribution in [1.29, 1.82) is 0 Å². The van der Waals surface area contributed by atoms with E-state index in [0.717, 1.165) is 0 Å². The Labute approximate surface area is 69.7 Å². The van der Waals surface area contributed by atoms with Crippen LogP contribution >= 0.6 is 11.6 Å². The summed E-state index contributed by atoms with van der Waals surface area (Å²) in [5.41, 5.74) is 0. The van der Waals surface area contributed by atoms with Crippen LogP contribution in [0.25, 0.3) is 0 Å². The van der Waals surface area contributed by atoms with E-state index in [-0.39, 0.29) is 6.07 Å². The molecular weight excluding hydrogens is 199 g/mol. The van der Waals surface area contributed by atoms with Crippen LogP contribution in [0.2, 0.25) is 0 Å². The minimum absolute atomic E-state index is 0.296. The van der Waals surface area contributed by atoms with E-state index >= 15 is 0 Å². The molecule has 0 aliphatic carbocycles. The van der Waals surface area contributed by atoms with Crippen molar-refractivity contribution in [2.24, 2.45) is 0 Å². The smallest absolute Gasteiger partial charge is 0.446 e. The second kappa shape index (κ2) is 3.18. The predicted octanol–water partition coefficient (Wildman–Crippen LogP) is 1.40. The van der Waals surface area contributed by atoms with Gasteiger partial charge in [0.2, 0.25) is 5.82 Å². The molecule has 8 heteroatoms. The minimum atomic E-state index is -4.54. The lowest BCUT2D eigenvalue weighted by Crippen LogP contribution is -2.07. The number of rotatable bonds is 2. The van der Waals surface area contributed by atoms with Gasteiger partial charge in [0, 0.05) is 0 Å². The summed E-state index contributed by atoms with van der Waals surface area (Å²) in [6.07, 6.45) is -4.54. The van der Waals surface area contributed by atoms with Crippen LogP contribution in [0.15, 0.2) is 0 Å². The standard InChI is InChI=1S/C4H3ClF3N3O/c5-1-12-3-9-2(10-11-3)4(6,7)8/h1H2,(H,9,10,11). The molecule has 0 fully saturated rings. The maximum absolute atomic E-state index is 11.8. The average Bonchev–Trinajstić information content (AvgIpc) is 2.35. The highest BCUT2D eigenvalue weighted by Crippen LogP contribution is 2.26. The van der Waals surface area contributed by atoms with Crippen molar-refractivity contribution < 1.29 is 17.9 Å². The molecule has 0 bridgehead atoms. The number of halogens is 4. The summed E-state index contributed by atoms with van der Waals surface area (Å²) in [5, 5.41) is 4.77. The normalized spacial score (nSPS) is 11.7. The Balaban J connectivity index is 2.77. The van der Waals surface area contributed by atoms with Gasteiger partial charge in [0.25, 0.3) is 0 Å². The molecule has 68 valence electrons. The van der Waals surface area contributed by atoms with Gasteiger partial charge in [-0.1, -0.05) is 11.6 Å². The van der Waals surface area contributed by atoms with Crippen LogP contribution in [-0.4, -0.2) is 21.2 Å². The van der Waals surface area contributed by atoms with E-state index in [9.17, 15) is 13.2 Å². The van der Waals surface area contributed by atoms with Crippen LogP contribution in [0.5, 0.6) is 6.01 Å². The number of aromatic amines is 1. The molecule has 0 radical (unpaired) electrons. The Morgan fingerprint density at radius 3 is 2.58 bits per heavy atom. The molecule has 1 aromatic heterocycles. The monoisotopic (exact) mass is 201 g/mol. The van der Waals surface area contributed by atoms with Crippen molar-refractivity contribution in [3.8, 4) is 6.01 Å². The molecule has 12 heavy (non-hydrogen) atoms. The number of nitrogens with zero attached hydrogens (tertiary/aromatic N) is 2. The van der Waals surface area contributed by atoms with Gasteiger partial charge in [-0.25, -0.2) is 0 Å². The van der Waals surface area contributed by atoms with E-state index in [2.05, 4.69) is 14.8 Å².